The summed E-state index contributed by atoms with van der Waals surface area (Å²) in [6, 6.07) is -0.911. The van der Waals surface area contributed by atoms with E-state index in [1.54, 1.807) is 6.08 Å². The van der Waals surface area contributed by atoms with Crippen LogP contribution >= 0.6 is 7.82 Å². The molecule has 3 atom stereocenters. The third kappa shape index (κ3) is 52.1. The number of allylic oxidation sites excluding steroid dienone is 7. The van der Waals surface area contributed by atoms with Crippen LogP contribution in [0, 0.1) is 0 Å². The molecule has 8 nitrogen and oxygen atoms in total. The molecule has 3 unspecified atom stereocenters. The number of hydrogen-bond acceptors (Lipinski definition) is 6. The molecule has 0 aromatic heterocycles. The van der Waals surface area contributed by atoms with E-state index in [2.05, 4.69) is 55.6 Å². The van der Waals surface area contributed by atoms with E-state index in [1.165, 1.54) is 173 Å². The van der Waals surface area contributed by atoms with Gasteiger partial charge in [0, 0.05) is 6.42 Å². The third-order valence-electron chi connectivity index (χ3n) is 12.7. The number of phosphoric acid groups is 1. The monoisotopic (exact) mass is 963 g/mol. The maximum absolute atomic E-state index is 12.9. The molecule has 394 valence electrons. The second-order valence-corrected chi connectivity index (χ2v) is 22.0. The molecule has 1 amide bonds. The molecule has 0 saturated carbocycles. The van der Waals surface area contributed by atoms with Crippen LogP contribution in [-0.4, -0.2) is 68.5 Å². The van der Waals surface area contributed by atoms with E-state index in [0.717, 1.165) is 70.6 Å². The summed E-state index contributed by atoms with van der Waals surface area (Å²) in [4.78, 5) is 25.4. The predicted molar refractivity (Wildman–Crippen MR) is 288 cm³/mol. The quantitative estimate of drug-likeness (QED) is 0.0272. The first-order valence-corrected chi connectivity index (χ1v) is 30.0. The number of aliphatic hydroxyl groups excluding tert-OH is 1. The number of quaternary nitrogens is 1. The van der Waals surface area contributed by atoms with Crippen molar-refractivity contribution in [3.63, 3.8) is 0 Å². The average Bonchev–Trinajstić information content (AvgIpc) is 3.29. The maximum Gasteiger partial charge on any atom is 0.268 e. The number of likely N-dealkylation sites (N-methyl/N-ethyl adjacent to an activating group) is 1. The van der Waals surface area contributed by atoms with Crippen LogP contribution in [0.15, 0.2) is 48.6 Å². The summed E-state index contributed by atoms with van der Waals surface area (Å²) in [7, 11) is 1.23. The van der Waals surface area contributed by atoms with E-state index in [0.29, 0.717) is 17.4 Å². The smallest absolute Gasteiger partial charge is 0.268 e. The van der Waals surface area contributed by atoms with Crippen LogP contribution in [0.3, 0.4) is 0 Å². The van der Waals surface area contributed by atoms with Crippen molar-refractivity contribution in [3.05, 3.63) is 48.6 Å². The van der Waals surface area contributed by atoms with Crippen LogP contribution in [0.25, 0.3) is 0 Å². The topological polar surface area (TPSA) is 108 Å². The number of nitrogens with one attached hydrogen (secondary N) is 1. The summed E-state index contributed by atoms with van der Waals surface area (Å²) in [6.45, 7) is 4.56. The van der Waals surface area contributed by atoms with Gasteiger partial charge in [-0.2, -0.15) is 0 Å². The Kier molecular flexibility index (Phi) is 48.3. The molecule has 0 spiro atoms. The molecule has 0 aromatic rings. The molecule has 0 fully saturated rings. The van der Waals surface area contributed by atoms with E-state index < -0.39 is 26.6 Å². The van der Waals surface area contributed by atoms with Gasteiger partial charge in [0.1, 0.15) is 13.2 Å². The van der Waals surface area contributed by atoms with Crippen LogP contribution in [0.4, 0.5) is 0 Å². The van der Waals surface area contributed by atoms with Crippen LogP contribution in [0.2, 0.25) is 0 Å². The minimum absolute atomic E-state index is 0.0103. The molecule has 0 rings (SSSR count). The van der Waals surface area contributed by atoms with E-state index in [9.17, 15) is 19.4 Å². The van der Waals surface area contributed by atoms with Gasteiger partial charge >= 0.3 is 0 Å². The minimum atomic E-state index is -4.61. The molecule has 67 heavy (non-hydrogen) atoms. The molecular formula is C58H111N2O6P. The molecule has 0 heterocycles. The molecule has 0 saturated heterocycles. The minimum Gasteiger partial charge on any atom is -0.756 e. The Hall–Kier alpha value is -1.54. The highest BCUT2D eigenvalue weighted by Gasteiger charge is 2.23. The molecule has 0 aliphatic carbocycles. The number of phosphoric ester groups is 1. The first-order chi connectivity index (χ1) is 32.5. The fraction of sp³-hybridized carbons (Fsp3) is 0.845. The summed E-state index contributed by atoms with van der Waals surface area (Å²) >= 11 is 0. The second kappa shape index (κ2) is 49.4. The van der Waals surface area contributed by atoms with Gasteiger partial charge in [-0.1, -0.05) is 249 Å². The Morgan fingerprint density at radius 2 is 0.910 bits per heavy atom. The highest BCUT2D eigenvalue weighted by molar-refractivity contribution is 7.45. The zero-order valence-electron chi connectivity index (χ0n) is 44.9. The van der Waals surface area contributed by atoms with Gasteiger partial charge in [0.2, 0.25) is 5.91 Å². The Labute approximate surface area is 416 Å². The third-order valence-corrected chi connectivity index (χ3v) is 13.7. The Morgan fingerprint density at radius 3 is 1.36 bits per heavy atom. The average molecular weight is 964 g/mol. The predicted octanol–water partition coefficient (Wildman–Crippen LogP) is 16.5. The van der Waals surface area contributed by atoms with Gasteiger partial charge in [-0.25, -0.2) is 0 Å². The lowest BCUT2D eigenvalue weighted by Crippen LogP contribution is -2.45. The zero-order valence-corrected chi connectivity index (χ0v) is 45.7. The summed E-state index contributed by atoms with van der Waals surface area (Å²) in [5.41, 5.74) is 0. The van der Waals surface area contributed by atoms with Crippen molar-refractivity contribution in [2.24, 2.45) is 0 Å². The zero-order chi connectivity index (χ0) is 49.2. The fourth-order valence-electron chi connectivity index (χ4n) is 8.27. The van der Waals surface area contributed by atoms with Gasteiger partial charge in [-0.15, -0.1) is 0 Å². The van der Waals surface area contributed by atoms with E-state index in [-0.39, 0.29) is 12.5 Å². The van der Waals surface area contributed by atoms with Crippen molar-refractivity contribution in [2.45, 2.75) is 276 Å². The molecular weight excluding hydrogens is 852 g/mol. The fourth-order valence-corrected chi connectivity index (χ4v) is 8.99. The Bertz CT molecular complexity index is 1230. The van der Waals surface area contributed by atoms with Crippen molar-refractivity contribution in [1.82, 2.24) is 5.32 Å². The van der Waals surface area contributed by atoms with Gasteiger partial charge in [0.05, 0.1) is 39.9 Å². The summed E-state index contributed by atoms with van der Waals surface area (Å²) in [5.74, 6) is -0.222. The summed E-state index contributed by atoms with van der Waals surface area (Å²) < 4.78 is 23.3. The first kappa shape index (κ1) is 65.5. The lowest BCUT2D eigenvalue weighted by Gasteiger charge is -2.29. The van der Waals surface area contributed by atoms with Gasteiger partial charge < -0.3 is 28.8 Å². The number of aliphatic hydroxyl groups is 1. The SMILES string of the molecule is CCC/C=C\C/C=C\CCCCCCCC(=O)NC(COP(=O)([O-])OCC[N+](C)(C)C)C(O)/C=C/CC/C=C/CCCCCCCCCCCCCCCCCCCCCCCCCCCC. The van der Waals surface area contributed by atoms with E-state index in [4.69, 9.17) is 9.05 Å². The highest BCUT2D eigenvalue weighted by atomic mass is 31.2. The lowest BCUT2D eigenvalue weighted by atomic mass is 10.0. The standard InChI is InChI=1S/C58H111N2O6P/c1-6-8-10-12-14-16-18-20-21-22-23-24-25-26-27-28-29-30-31-32-33-34-35-36-37-38-40-41-43-45-47-49-51-57(61)56(55-66-67(63,64)65-54-53-60(3,4)5)59-58(62)52-50-48-46-44-42-39-19-17-15-13-11-9-7-2/h11,13,17,19,41,43,49,51,56-57,61H,6-10,12,14-16,18,20-40,42,44-48,50,52-55H2,1-5H3,(H-,59,62,63,64)/b13-11-,19-17-,43-41+,51-49+. The van der Waals surface area contributed by atoms with Crippen LogP contribution in [0.1, 0.15) is 264 Å². The molecule has 0 aliphatic heterocycles. The molecule has 0 aliphatic rings. The van der Waals surface area contributed by atoms with Crippen molar-refractivity contribution < 1.29 is 32.9 Å². The molecule has 2 N–H and O–H groups in total. The number of rotatable bonds is 52. The van der Waals surface area contributed by atoms with Crippen molar-refractivity contribution in [1.29, 1.82) is 0 Å². The van der Waals surface area contributed by atoms with Gasteiger partial charge in [-0.05, 0) is 57.8 Å². The van der Waals surface area contributed by atoms with Crippen LogP contribution in [0.5, 0.6) is 0 Å². The molecule has 0 bridgehead atoms. The van der Waals surface area contributed by atoms with Gasteiger partial charge in [-0.3, -0.25) is 9.36 Å². The molecule has 0 aromatic carbocycles. The Balaban J connectivity index is 4.11. The number of amides is 1. The number of carbonyl (C=O) groups excluding carboxylic acids is 1. The molecule has 9 heteroatoms. The van der Waals surface area contributed by atoms with Crippen LogP contribution in [-0.2, 0) is 18.4 Å². The van der Waals surface area contributed by atoms with E-state index >= 15 is 0 Å². The van der Waals surface area contributed by atoms with Crippen molar-refractivity contribution >= 4 is 13.7 Å². The summed E-state index contributed by atoms with van der Waals surface area (Å²) in [5, 5.41) is 13.8. The van der Waals surface area contributed by atoms with Gasteiger partial charge in [0.25, 0.3) is 7.82 Å². The molecule has 0 radical (unpaired) electrons. The van der Waals surface area contributed by atoms with Gasteiger partial charge in [0.15, 0.2) is 0 Å². The van der Waals surface area contributed by atoms with Crippen molar-refractivity contribution in [3.8, 4) is 0 Å². The number of hydrogen-bond donors (Lipinski definition) is 2. The number of nitrogens with zero attached hydrogens (tertiary/aromatic N) is 1. The Morgan fingerprint density at radius 1 is 0.522 bits per heavy atom. The normalized spacial score (nSPS) is 14.3. The van der Waals surface area contributed by atoms with Crippen molar-refractivity contribution in [2.75, 3.05) is 40.9 Å². The first-order valence-electron chi connectivity index (χ1n) is 28.5. The number of unbranched alkanes of at least 4 members (excludes halogenated alkanes) is 33. The number of carbonyl (C=O) groups is 1. The largest absolute Gasteiger partial charge is 0.756 e. The summed E-state index contributed by atoms with van der Waals surface area (Å²) in [6.07, 6.45) is 65.0. The lowest BCUT2D eigenvalue weighted by molar-refractivity contribution is -0.870. The maximum atomic E-state index is 12.9. The van der Waals surface area contributed by atoms with E-state index in [1.807, 2.05) is 27.2 Å². The second-order valence-electron chi connectivity index (χ2n) is 20.6. The van der Waals surface area contributed by atoms with Crippen LogP contribution < -0.4 is 10.2 Å². The highest BCUT2D eigenvalue weighted by Crippen LogP contribution is 2.38.